The highest BCUT2D eigenvalue weighted by Crippen LogP contribution is 2.34. The number of anilines is 2. The number of piperidine rings is 1. The van der Waals surface area contributed by atoms with Gasteiger partial charge >= 0.3 is 11.8 Å². The SMILES string of the molecule is C[C@@H]1CC[C@@H](c2ccc(NS(C)(=O)=O)cc2)N(C(=O)C(=O)Nc2cncc(C(N)=O)c2)C1. The minimum atomic E-state index is -3.40. The summed E-state index contributed by atoms with van der Waals surface area (Å²) >= 11 is 0. The number of carbonyl (C=O) groups excluding carboxylic acids is 3. The van der Waals surface area contributed by atoms with E-state index in [4.69, 9.17) is 5.73 Å². The van der Waals surface area contributed by atoms with Crippen molar-refractivity contribution in [2.24, 2.45) is 11.7 Å². The quantitative estimate of drug-likeness (QED) is 0.576. The van der Waals surface area contributed by atoms with Gasteiger partial charge in [-0.15, -0.1) is 0 Å². The molecule has 0 bridgehead atoms. The van der Waals surface area contributed by atoms with Gasteiger partial charge in [0.25, 0.3) is 0 Å². The Bertz CT molecular complexity index is 1130. The molecule has 4 N–H and O–H groups in total. The van der Waals surface area contributed by atoms with E-state index in [0.29, 0.717) is 18.7 Å². The molecule has 0 aliphatic carbocycles. The van der Waals surface area contributed by atoms with Gasteiger partial charge in [-0.1, -0.05) is 19.1 Å². The fourth-order valence-corrected chi connectivity index (χ4v) is 4.23. The molecule has 1 fully saturated rings. The van der Waals surface area contributed by atoms with E-state index in [9.17, 15) is 22.8 Å². The van der Waals surface area contributed by atoms with E-state index >= 15 is 0 Å². The molecule has 1 aliphatic rings. The number of benzene rings is 1. The standard InChI is InChI=1S/C21H25N5O5S/c1-13-3-8-18(14-4-6-16(7-5-14)25-32(2,30)31)26(12-13)21(29)20(28)24-17-9-15(19(22)27)10-23-11-17/h4-7,9-11,13,18,25H,3,8,12H2,1-2H3,(H2,22,27)(H,24,28)/t13-,18+/m1/s1. The molecular formula is C21H25N5O5S. The average Bonchev–Trinajstić information content (AvgIpc) is 2.73. The molecule has 1 aromatic carbocycles. The van der Waals surface area contributed by atoms with Crippen LogP contribution >= 0.6 is 0 Å². The highest BCUT2D eigenvalue weighted by atomic mass is 32.2. The lowest BCUT2D eigenvalue weighted by molar-refractivity contribution is -0.146. The van der Waals surface area contributed by atoms with Crippen molar-refractivity contribution in [2.75, 3.05) is 22.8 Å². The molecule has 1 saturated heterocycles. The zero-order valence-electron chi connectivity index (χ0n) is 17.7. The number of hydrogen-bond acceptors (Lipinski definition) is 6. The number of carbonyl (C=O) groups is 3. The van der Waals surface area contributed by atoms with Crippen LogP contribution < -0.4 is 15.8 Å². The number of likely N-dealkylation sites (tertiary alicyclic amines) is 1. The normalized spacial score (nSPS) is 18.6. The molecule has 2 heterocycles. The zero-order chi connectivity index (χ0) is 23.5. The lowest BCUT2D eigenvalue weighted by Crippen LogP contribution is -2.46. The van der Waals surface area contributed by atoms with Crippen molar-refractivity contribution >= 4 is 39.1 Å². The van der Waals surface area contributed by atoms with E-state index in [0.717, 1.165) is 18.2 Å². The molecule has 10 nitrogen and oxygen atoms in total. The van der Waals surface area contributed by atoms with Crippen LogP contribution in [-0.4, -0.2) is 48.8 Å². The molecule has 3 amide bonds. The van der Waals surface area contributed by atoms with Crippen LogP contribution in [0.25, 0.3) is 0 Å². The van der Waals surface area contributed by atoms with Gasteiger partial charge in [0.05, 0.1) is 29.7 Å². The lowest BCUT2D eigenvalue weighted by Gasteiger charge is -2.38. The molecule has 0 radical (unpaired) electrons. The second kappa shape index (κ2) is 9.35. The number of rotatable bonds is 5. The number of aromatic nitrogens is 1. The lowest BCUT2D eigenvalue weighted by atomic mass is 9.89. The Hall–Kier alpha value is -3.47. The summed E-state index contributed by atoms with van der Waals surface area (Å²) in [5.41, 5.74) is 6.75. The van der Waals surface area contributed by atoms with Crippen molar-refractivity contribution < 1.29 is 22.8 Å². The highest BCUT2D eigenvalue weighted by molar-refractivity contribution is 7.92. The number of hydrogen-bond donors (Lipinski definition) is 3. The fraction of sp³-hybridized carbons (Fsp3) is 0.333. The Morgan fingerprint density at radius 1 is 1.09 bits per heavy atom. The Morgan fingerprint density at radius 3 is 2.41 bits per heavy atom. The Morgan fingerprint density at radius 2 is 1.78 bits per heavy atom. The third kappa shape index (κ3) is 5.82. The fourth-order valence-electron chi connectivity index (χ4n) is 3.67. The van der Waals surface area contributed by atoms with E-state index < -0.39 is 27.7 Å². The van der Waals surface area contributed by atoms with Crippen LogP contribution in [-0.2, 0) is 19.6 Å². The second-order valence-corrected chi connectivity index (χ2v) is 9.68. The number of primary amides is 1. The number of pyridine rings is 1. The predicted octanol–water partition coefficient (Wildman–Crippen LogP) is 1.49. The van der Waals surface area contributed by atoms with Gasteiger partial charge < -0.3 is 16.0 Å². The van der Waals surface area contributed by atoms with Crippen LogP contribution in [0.3, 0.4) is 0 Å². The van der Waals surface area contributed by atoms with Crippen LogP contribution in [0.4, 0.5) is 11.4 Å². The summed E-state index contributed by atoms with van der Waals surface area (Å²) in [4.78, 5) is 42.4. The van der Waals surface area contributed by atoms with E-state index in [1.165, 1.54) is 23.4 Å². The molecule has 1 aliphatic heterocycles. The number of nitrogens with two attached hydrogens (primary N) is 1. The molecule has 0 saturated carbocycles. The Kier molecular flexibility index (Phi) is 6.78. The van der Waals surface area contributed by atoms with Crippen LogP contribution in [0, 0.1) is 5.92 Å². The number of nitrogens with zero attached hydrogens (tertiary/aromatic N) is 2. The van der Waals surface area contributed by atoms with Crippen molar-refractivity contribution in [1.29, 1.82) is 0 Å². The average molecular weight is 460 g/mol. The first-order chi connectivity index (χ1) is 15.0. The zero-order valence-corrected chi connectivity index (χ0v) is 18.6. The molecule has 170 valence electrons. The first-order valence-corrected chi connectivity index (χ1v) is 11.9. The molecule has 2 atom stereocenters. The van der Waals surface area contributed by atoms with Crippen LogP contribution in [0.5, 0.6) is 0 Å². The van der Waals surface area contributed by atoms with Gasteiger partial charge in [-0.2, -0.15) is 0 Å². The smallest absolute Gasteiger partial charge is 0.313 e. The first-order valence-electron chi connectivity index (χ1n) is 9.98. The van der Waals surface area contributed by atoms with Gasteiger partial charge in [0.15, 0.2) is 0 Å². The summed E-state index contributed by atoms with van der Waals surface area (Å²) in [6.45, 7) is 2.41. The summed E-state index contributed by atoms with van der Waals surface area (Å²) in [6, 6.07) is 7.76. The molecule has 32 heavy (non-hydrogen) atoms. The van der Waals surface area contributed by atoms with Gasteiger partial charge in [-0.25, -0.2) is 8.42 Å². The van der Waals surface area contributed by atoms with Crippen molar-refractivity contribution in [1.82, 2.24) is 9.88 Å². The maximum atomic E-state index is 13.0. The second-order valence-electron chi connectivity index (χ2n) is 7.93. The van der Waals surface area contributed by atoms with Crippen LogP contribution in [0.1, 0.15) is 41.7 Å². The summed E-state index contributed by atoms with van der Waals surface area (Å²) in [7, 11) is -3.40. The van der Waals surface area contributed by atoms with Crippen molar-refractivity contribution in [3.05, 3.63) is 53.9 Å². The molecule has 1 aromatic heterocycles. The molecule has 11 heteroatoms. The molecule has 2 aromatic rings. The summed E-state index contributed by atoms with van der Waals surface area (Å²) < 4.78 is 25.2. The van der Waals surface area contributed by atoms with Gasteiger partial charge in [-0.05, 0) is 42.5 Å². The van der Waals surface area contributed by atoms with Gasteiger partial charge in [0, 0.05) is 18.4 Å². The monoisotopic (exact) mass is 459 g/mol. The Labute approximate surface area is 186 Å². The van der Waals surface area contributed by atoms with Gasteiger partial charge in [0.1, 0.15) is 0 Å². The maximum absolute atomic E-state index is 13.0. The topological polar surface area (TPSA) is 152 Å². The summed E-state index contributed by atoms with van der Waals surface area (Å²) in [6.07, 6.45) is 5.20. The number of sulfonamides is 1. The van der Waals surface area contributed by atoms with Crippen molar-refractivity contribution in [2.45, 2.75) is 25.8 Å². The minimum Gasteiger partial charge on any atom is -0.366 e. The van der Waals surface area contributed by atoms with Crippen molar-refractivity contribution in [3.63, 3.8) is 0 Å². The largest absolute Gasteiger partial charge is 0.366 e. The van der Waals surface area contributed by atoms with E-state index in [1.807, 2.05) is 6.92 Å². The first kappa shape index (κ1) is 23.2. The van der Waals surface area contributed by atoms with Crippen LogP contribution in [0.2, 0.25) is 0 Å². The molecular weight excluding hydrogens is 434 g/mol. The molecule has 0 spiro atoms. The third-order valence-electron chi connectivity index (χ3n) is 5.15. The van der Waals surface area contributed by atoms with Crippen molar-refractivity contribution in [3.8, 4) is 0 Å². The van der Waals surface area contributed by atoms with E-state index in [2.05, 4.69) is 15.0 Å². The summed E-state index contributed by atoms with van der Waals surface area (Å²) in [5.74, 6) is -2.03. The number of amides is 3. The van der Waals surface area contributed by atoms with Gasteiger partial charge in [-0.3, -0.25) is 24.1 Å². The van der Waals surface area contributed by atoms with Gasteiger partial charge in [0.2, 0.25) is 15.9 Å². The van der Waals surface area contributed by atoms with Crippen LogP contribution in [0.15, 0.2) is 42.7 Å². The van der Waals surface area contributed by atoms with E-state index in [1.54, 1.807) is 24.3 Å². The third-order valence-corrected chi connectivity index (χ3v) is 5.76. The maximum Gasteiger partial charge on any atom is 0.313 e. The highest BCUT2D eigenvalue weighted by Gasteiger charge is 2.34. The summed E-state index contributed by atoms with van der Waals surface area (Å²) in [5, 5.41) is 2.48. The number of nitrogens with one attached hydrogen (secondary N) is 2. The Balaban J connectivity index is 1.78. The predicted molar refractivity (Wildman–Crippen MR) is 119 cm³/mol. The molecule has 0 unspecified atom stereocenters. The minimum absolute atomic E-state index is 0.113. The molecule has 3 rings (SSSR count). The van der Waals surface area contributed by atoms with E-state index in [-0.39, 0.29) is 23.2 Å².